The summed E-state index contributed by atoms with van der Waals surface area (Å²) in [6, 6.07) is 11.2. The van der Waals surface area contributed by atoms with Crippen molar-refractivity contribution in [2.24, 2.45) is 0 Å². The highest BCUT2D eigenvalue weighted by molar-refractivity contribution is 7.15. The van der Waals surface area contributed by atoms with E-state index in [2.05, 4.69) is 48.1 Å². The molecule has 3 aromatic rings. The minimum atomic E-state index is -0.208. The molecule has 0 radical (unpaired) electrons. The van der Waals surface area contributed by atoms with E-state index >= 15 is 0 Å². The Morgan fingerprint density at radius 1 is 1.10 bits per heavy atom. The van der Waals surface area contributed by atoms with Crippen LogP contribution in [0.1, 0.15) is 40.1 Å². The van der Waals surface area contributed by atoms with Gasteiger partial charge in [0.1, 0.15) is 23.2 Å². The van der Waals surface area contributed by atoms with Crippen molar-refractivity contribution < 1.29 is 9.13 Å². The highest BCUT2D eigenvalue weighted by atomic mass is 32.1. The molecule has 30 heavy (non-hydrogen) atoms. The molecule has 0 aliphatic rings. The molecule has 0 unspecified atom stereocenters. The molecule has 1 heterocycles. The van der Waals surface area contributed by atoms with Gasteiger partial charge in [0.05, 0.1) is 0 Å². The molecule has 2 aromatic carbocycles. The second-order valence-corrected chi connectivity index (χ2v) is 8.37. The molecule has 0 saturated carbocycles. The normalized spacial score (nSPS) is 10.8. The molecule has 0 aliphatic carbocycles. The van der Waals surface area contributed by atoms with Crippen LogP contribution in [0, 0.1) is 19.7 Å². The van der Waals surface area contributed by atoms with Gasteiger partial charge in [-0.1, -0.05) is 54.3 Å². The number of unbranched alkanes of at least 4 members (excludes halogenated alkanes) is 1. The number of ether oxygens (including phenoxy) is 1. The van der Waals surface area contributed by atoms with Crippen LogP contribution in [0.5, 0.6) is 5.75 Å². The predicted octanol–water partition coefficient (Wildman–Crippen LogP) is 6.04. The molecule has 158 valence electrons. The zero-order valence-corrected chi connectivity index (χ0v) is 18.4. The maximum Gasteiger partial charge on any atom is 0.205 e. The van der Waals surface area contributed by atoms with Crippen LogP contribution in [-0.2, 0) is 19.4 Å². The second kappa shape index (κ2) is 10.9. The molecule has 0 amide bonds. The molecule has 0 aliphatic heterocycles. The summed E-state index contributed by atoms with van der Waals surface area (Å²) in [5.41, 5.74) is 4.30. The zero-order valence-electron chi connectivity index (χ0n) is 17.6. The van der Waals surface area contributed by atoms with Gasteiger partial charge in [-0.25, -0.2) is 4.39 Å². The van der Waals surface area contributed by atoms with Crippen molar-refractivity contribution in [2.45, 2.75) is 46.1 Å². The lowest BCUT2D eigenvalue weighted by Crippen LogP contribution is -2.01. The summed E-state index contributed by atoms with van der Waals surface area (Å²) in [7, 11) is 0. The Balaban J connectivity index is 1.44. The van der Waals surface area contributed by atoms with E-state index in [1.165, 1.54) is 34.1 Å². The number of nitrogens with one attached hydrogen (secondary N) is 1. The van der Waals surface area contributed by atoms with Crippen LogP contribution in [-0.4, -0.2) is 16.8 Å². The number of aryl methyl sites for hydroxylation is 4. The SMILES string of the molecule is C=CCOc1c(C)cc(CCCCc2nnc(NCc3ccccc3F)s2)cc1C. The first-order valence-electron chi connectivity index (χ1n) is 10.2. The van der Waals surface area contributed by atoms with Crippen LogP contribution in [0.3, 0.4) is 0 Å². The number of rotatable bonds is 11. The van der Waals surface area contributed by atoms with Gasteiger partial charge in [-0.15, -0.1) is 10.2 Å². The minimum absolute atomic E-state index is 0.208. The first kappa shape index (κ1) is 22.0. The fraction of sp³-hybridized carbons (Fsp3) is 0.333. The summed E-state index contributed by atoms with van der Waals surface area (Å²) >= 11 is 1.54. The first-order chi connectivity index (χ1) is 14.6. The third-order valence-electron chi connectivity index (χ3n) is 4.83. The van der Waals surface area contributed by atoms with Gasteiger partial charge < -0.3 is 10.1 Å². The Kier molecular flexibility index (Phi) is 7.97. The quantitative estimate of drug-likeness (QED) is 0.301. The predicted molar refractivity (Wildman–Crippen MR) is 122 cm³/mol. The summed E-state index contributed by atoms with van der Waals surface area (Å²) < 4.78 is 19.4. The Labute approximate surface area is 181 Å². The van der Waals surface area contributed by atoms with E-state index in [-0.39, 0.29) is 5.82 Å². The number of halogens is 1. The van der Waals surface area contributed by atoms with Gasteiger partial charge in [-0.3, -0.25) is 0 Å². The van der Waals surface area contributed by atoms with E-state index in [4.69, 9.17) is 4.74 Å². The van der Waals surface area contributed by atoms with Crippen molar-refractivity contribution in [3.63, 3.8) is 0 Å². The standard InChI is InChI=1S/C24H28FN3OS/c1-4-13-29-23-17(2)14-19(15-18(23)3)9-5-8-12-22-27-28-24(30-22)26-16-20-10-6-7-11-21(20)25/h4,6-7,10-11,14-15H,1,5,8-9,12-13,16H2,2-3H3,(H,26,28). The Morgan fingerprint density at radius 3 is 2.57 bits per heavy atom. The van der Waals surface area contributed by atoms with E-state index in [1.54, 1.807) is 18.2 Å². The van der Waals surface area contributed by atoms with Gasteiger partial charge in [0.25, 0.3) is 0 Å². The molecule has 0 atom stereocenters. The Morgan fingerprint density at radius 2 is 1.83 bits per heavy atom. The topological polar surface area (TPSA) is 47.0 Å². The maximum absolute atomic E-state index is 13.7. The van der Waals surface area contributed by atoms with Gasteiger partial charge in [-0.2, -0.15) is 0 Å². The molecular weight excluding hydrogens is 397 g/mol. The van der Waals surface area contributed by atoms with Crippen molar-refractivity contribution in [2.75, 3.05) is 11.9 Å². The number of benzene rings is 2. The fourth-order valence-corrected chi connectivity index (χ4v) is 4.18. The van der Waals surface area contributed by atoms with Gasteiger partial charge in [0.15, 0.2) is 0 Å². The summed E-state index contributed by atoms with van der Waals surface area (Å²) in [5.74, 6) is 0.753. The van der Waals surface area contributed by atoms with E-state index in [0.717, 1.165) is 41.6 Å². The van der Waals surface area contributed by atoms with Crippen LogP contribution in [0.4, 0.5) is 9.52 Å². The molecule has 3 rings (SSSR count). The smallest absolute Gasteiger partial charge is 0.205 e. The molecule has 0 spiro atoms. The average Bonchev–Trinajstić information content (AvgIpc) is 3.18. The van der Waals surface area contributed by atoms with Crippen molar-refractivity contribution in [1.82, 2.24) is 10.2 Å². The number of nitrogens with zero attached hydrogens (tertiary/aromatic N) is 2. The number of hydrogen-bond donors (Lipinski definition) is 1. The van der Waals surface area contributed by atoms with E-state index < -0.39 is 0 Å². The largest absolute Gasteiger partial charge is 0.489 e. The summed E-state index contributed by atoms with van der Waals surface area (Å²) in [5, 5.41) is 13.3. The lowest BCUT2D eigenvalue weighted by Gasteiger charge is -2.13. The van der Waals surface area contributed by atoms with Crippen LogP contribution in [0.2, 0.25) is 0 Å². The summed E-state index contributed by atoms with van der Waals surface area (Å²) in [6.45, 7) is 8.82. The highest BCUT2D eigenvalue weighted by Gasteiger charge is 2.08. The molecule has 0 bridgehead atoms. The summed E-state index contributed by atoms with van der Waals surface area (Å²) in [6.07, 6.45) is 5.83. The van der Waals surface area contributed by atoms with Crippen molar-refractivity contribution in [1.29, 1.82) is 0 Å². The van der Waals surface area contributed by atoms with Crippen LogP contribution >= 0.6 is 11.3 Å². The van der Waals surface area contributed by atoms with Crippen molar-refractivity contribution in [3.8, 4) is 5.75 Å². The minimum Gasteiger partial charge on any atom is -0.489 e. The molecule has 6 heteroatoms. The third kappa shape index (κ3) is 6.13. The third-order valence-corrected chi connectivity index (χ3v) is 5.77. The number of hydrogen-bond acceptors (Lipinski definition) is 5. The van der Waals surface area contributed by atoms with Crippen molar-refractivity contribution in [3.05, 3.63) is 82.1 Å². The van der Waals surface area contributed by atoms with Gasteiger partial charge in [-0.05, 0) is 55.9 Å². The lowest BCUT2D eigenvalue weighted by molar-refractivity contribution is 0.358. The highest BCUT2D eigenvalue weighted by Crippen LogP contribution is 2.26. The number of anilines is 1. The van der Waals surface area contributed by atoms with E-state index in [1.807, 2.05) is 6.07 Å². The molecule has 4 nitrogen and oxygen atoms in total. The zero-order chi connectivity index (χ0) is 21.3. The monoisotopic (exact) mass is 425 g/mol. The first-order valence-corrected chi connectivity index (χ1v) is 11.0. The van der Waals surface area contributed by atoms with Crippen LogP contribution in [0.15, 0.2) is 49.1 Å². The van der Waals surface area contributed by atoms with Crippen LogP contribution in [0.25, 0.3) is 0 Å². The molecular formula is C24H28FN3OS. The van der Waals surface area contributed by atoms with E-state index in [0.29, 0.717) is 18.7 Å². The Hall–Kier alpha value is -2.73. The van der Waals surface area contributed by atoms with Gasteiger partial charge >= 0.3 is 0 Å². The average molecular weight is 426 g/mol. The van der Waals surface area contributed by atoms with E-state index in [9.17, 15) is 4.39 Å². The summed E-state index contributed by atoms with van der Waals surface area (Å²) in [4.78, 5) is 0. The number of aromatic nitrogens is 2. The molecule has 1 aromatic heterocycles. The molecule has 1 N–H and O–H groups in total. The lowest BCUT2D eigenvalue weighted by atomic mass is 10.0. The van der Waals surface area contributed by atoms with Gasteiger partial charge in [0.2, 0.25) is 5.13 Å². The van der Waals surface area contributed by atoms with Crippen molar-refractivity contribution >= 4 is 16.5 Å². The fourth-order valence-electron chi connectivity index (χ4n) is 3.40. The Bertz CT molecular complexity index is 963. The van der Waals surface area contributed by atoms with Crippen LogP contribution < -0.4 is 10.1 Å². The molecule has 0 saturated heterocycles. The van der Waals surface area contributed by atoms with Gasteiger partial charge in [0, 0.05) is 18.5 Å². The second-order valence-electron chi connectivity index (χ2n) is 7.31. The maximum atomic E-state index is 13.7. The molecule has 0 fully saturated rings.